The minimum absolute atomic E-state index is 0.133. The number of hydrogen-bond acceptors (Lipinski definition) is 6. The summed E-state index contributed by atoms with van der Waals surface area (Å²) in [5.74, 6) is 0.000639. The molecular formula is C26H29N5O4S. The van der Waals surface area contributed by atoms with E-state index in [1.807, 2.05) is 42.5 Å². The summed E-state index contributed by atoms with van der Waals surface area (Å²) in [4.78, 5) is 29.0. The summed E-state index contributed by atoms with van der Waals surface area (Å²) in [6, 6.07) is 20.2. The molecule has 1 aliphatic heterocycles. The number of likely N-dealkylation sites (N-methyl/N-ethyl adjacent to an activating group) is 1. The fraction of sp³-hybridized carbons (Fsp3) is 0.269. The molecule has 9 nitrogen and oxygen atoms in total. The molecule has 0 unspecified atom stereocenters. The molecule has 0 atom stereocenters. The van der Waals surface area contributed by atoms with Crippen LogP contribution in [0.2, 0.25) is 0 Å². The van der Waals surface area contributed by atoms with Crippen molar-refractivity contribution in [1.82, 2.24) is 20.3 Å². The quantitative estimate of drug-likeness (QED) is 0.382. The topological polar surface area (TPSA) is 120 Å². The first kappa shape index (κ1) is 25.3. The summed E-state index contributed by atoms with van der Waals surface area (Å²) >= 11 is 0. The van der Waals surface area contributed by atoms with E-state index in [9.17, 15) is 18.0 Å². The minimum atomic E-state index is -3.89. The molecule has 4 rings (SSSR count). The van der Waals surface area contributed by atoms with Gasteiger partial charge in [0.25, 0.3) is 0 Å². The standard InChI is InChI=1S/C26H29N5O4S/c1-31(36(34,35)23-8-4-6-20-5-2-3-7-22(20)23)18-25(33)30-17-24(32)27-14-13-19-9-11-21(12-10-19)26-28-15-16-29-26/h2-12H,13-18H2,1H3,(H,27,32)(H,28,29)(H,30,33). The van der Waals surface area contributed by atoms with E-state index in [-0.39, 0.29) is 17.3 Å². The van der Waals surface area contributed by atoms with Gasteiger partial charge in [-0.25, -0.2) is 8.42 Å². The Kier molecular flexibility index (Phi) is 7.97. The van der Waals surface area contributed by atoms with Gasteiger partial charge in [0, 0.05) is 31.1 Å². The lowest BCUT2D eigenvalue weighted by atomic mass is 10.1. The molecule has 3 aromatic rings. The Balaban J connectivity index is 1.22. The van der Waals surface area contributed by atoms with Crippen LogP contribution in [0.1, 0.15) is 11.1 Å². The zero-order valence-electron chi connectivity index (χ0n) is 20.0. The van der Waals surface area contributed by atoms with Crippen molar-refractivity contribution in [3.8, 4) is 0 Å². The van der Waals surface area contributed by atoms with Gasteiger partial charge in [-0.2, -0.15) is 4.31 Å². The number of aliphatic imine (C=N–C) groups is 1. The molecule has 0 saturated carbocycles. The predicted octanol–water partition coefficient (Wildman–Crippen LogP) is 1.29. The lowest BCUT2D eigenvalue weighted by Gasteiger charge is -2.18. The fourth-order valence-electron chi connectivity index (χ4n) is 3.94. The highest BCUT2D eigenvalue weighted by Gasteiger charge is 2.25. The van der Waals surface area contributed by atoms with Crippen LogP contribution in [0, 0.1) is 0 Å². The van der Waals surface area contributed by atoms with Crippen LogP contribution in [-0.4, -0.2) is 70.1 Å². The molecule has 0 aliphatic carbocycles. The van der Waals surface area contributed by atoms with Gasteiger partial charge < -0.3 is 16.0 Å². The molecule has 0 saturated heterocycles. The van der Waals surface area contributed by atoms with Crippen LogP contribution in [0.15, 0.2) is 76.6 Å². The van der Waals surface area contributed by atoms with Crippen molar-refractivity contribution in [2.45, 2.75) is 11.3 Å². The third kappa shape index (κ3) is 6.07. The maximum absolute atomic E-state index is 13.0. The van der Waals surface area contributed by atoms with E-state index in [1.165, 1.54) is 13.1 Å². The summed E-state index contributed by atoms with van der Waals surface area (Å²) in [5.41, 5.74) is 2.11. The third-order valence-corrected chi connectivity index (χ3v) is 7.75. The van der Waals surface area contributed by atoms with E-state index in [0.29, 0.717) is 18.4 Å². The first-order chi connectivity index (χ1) is 17.3. The Bertz CT molecular complexity index is 1380. The molecule has 36 heavy (non-hydrogen) atoms. The van der Waals surface area contributed by atoms with Crippen LogP contribution in [0.4, 0.5) is 0 Å². The Morgan fingerprint density at radius 1 is 0.972 bits per heavy atom. The number of nitrogens with zero attached hydrogens (tertiary/aromatic N) is 2. The van der Waals surface area contributed by atoms with Crippen molar-refractivity contribution in [3.05, 3.63) is 77.9 Å². The second-order valence-electron chi connectivity index (χ2n) is 8.47. The zero-order chi connectivity index (χ0) is 25.5. The first-order valence-corrected chi connectivity index (χ1v) is 13.1. The molecular weight excluding hydrogens is 478 g/mol. The van der Waals surface area contributed by atoms with Gasteiger partial charge >= 0.3 is 0 Å². The third-order valence-electron chi connectivity index (χ3n) is 5.89. The van der Waals surface area contributed by atoms with Crippen molar-refractivity contribution in [2.24, 2.45) is 4.99 Å². The molecule has 0 fully saturated rings. The van der Waals surface area contributed by atoms with Crippen molar-refractivity contribution in [1.29, 1.82) is 0 Å². The number of nitrogens with one attached hydrogen (secondary N) is 3. The summed E-state index contributed by atoms with van der Waals surface area (Å²) in [5, 5.41) is 9.86. The normalized spacial score (nSPS) is 13.3. The maximum Gasteiger partial charge on any atom is 0.243 e. The first-order valence-electron chi connectivity index (χ1n) is 11.7. The highest BCUT2D eigenvalue weighted by Crippen LogP contribution is 2.24. The van der Waals surface area contributed by atoms with Gasteiger partial charge in [-0.05, 0) is 23.4 Å². The SMILES string of the molecule is CN(CC(=O)NCC(=O)NCCc1ccc(C2=NCCN2)cc1)S(=O)(=O)c1cccc2ccccc12. The highest BCUT2D eigenvalue weighted by molar-refractivity contribution is 7.89. The summed E-state index contributed by atoms with van der Waals surface area (Å²) in [6.07, 6.45) is 0.645. The average molecular weight is 508 g/mol. The van der Waals surface area contributed by atoms with Gasteiger partial charge in [0.1, 0.15) is 5.84 Å². The lowest BCUT2D eigenvalue weighted by molar-refractivity contribution is -0.126. The molecule has 0 radical (unpaired) electrons. The number of amidine groups is 1. The maximum atomic E-state index is 13.0. The summed E-state index contributed by atoms with van der Waals surface area (Å²) < 4.78 is 27.1. The number of amides is 2. The van der Waals surface area contributed by atoms with Crippen LogP contribution in [-0.2, 0) is 26.0 Å². The lowest BCUT2D eigenvalue weighted by Crippen LogP contribution is -2.42. The molecule has 3 N–H and O–H groups in total. The second kappa shape index (κ2) is 11.3. The van der Waals surface area contributed by atoms with Gasteiger partial charge in [-0.3, -0.25) is 14.6 Å². The van der Waals surface area contributed by atoms with Crippen molar-refractivity contribution in [2.75, 3.05) is 39.8 Å². The second-order valence-corrected chi connectivity index (χ2v) is 10.5. The Hall–Kier alpha value is -3.76. The number of carbonyl (C=O) groups excluding carboxylic acids is 2. The van der Waals surface area contributed by atoms with Gasteiger partial charge in [-0.15, -0.1) is 0 Å². The van der Waals surface area contributed by atoms with Gasteiger partial charge in [0.15, 0.2) is 0 Å². The number of hydrogen-bond donors (Lipinski definition) is 3. The van der Waals surface area contributed by atoms with E-state index >= 15 is 0 Å². The molecule has 0 spiro atoms. The number of fused-ring (bicyclic) bond motifs is 1. The van der Waals surface area contributed by atoms with E-state index in [1.54, 1.807) is 18.2 Å². The average Bonchev–Trinajstić information content (AvgIpc) is 3.42. The van der Waals surface area contributed by atoms with Crippen LogP contribution < -0.4 is 16.0 Å². The Morgan fingerprint density at radius 3 is 2.47 bits per heavy atom. The molecule has 1 heterocycles. The van der Waals surface area contributed by atoms with Crippen molar-refractivity contribution < 1.29 is 18.0 Å². The zero-order valence-corrected chi connectivity index (χ0v) is 20.8. The van der Waals surface area contributed by atoms with Gasteiger partial charge in [0.05, 0.1) is 24.5 Å². The molecule has 1 aliphatic rings. The van der Waals surface area contributed by atoms with E-state index < -0.39 is 22.5 Å². The Labute approximate surface area is 210 Å². The minimum Gasteiger partial charge on any atom is -0.368 e. The molecule has 188 valence electrons. The van der Waals surface area contributed by atoms with Crippen molar-refractivity contribution in [3.63, 3.8) is 0 Å². The van der Waals surface area contributed by atoms with E-state index in [2.05, 4.69) is 20.9 Å². The Morgan fingerprint density at radius 2 is 1.72 bits per heavy atom. The molecule has 2 amide bonds. The molecule has 0 aromatic heterocycles. The highest BCUT2D eigenvalue weighted by atomic mass is 32.2. The van der Waals surface area contributed by atoms with Gasteiger partial charge in [0.2, 0.25) is 21.8 Å². The smallest absolute Gasteiger partial charge is 0.243 e. The number of benzene rings is 3. The van der Waals surface area contributed by atoms with Crippen LogP contribution >= 0.6 is 0 Å². The van der Waals surface area contributed by atoms with Crippen LogP contribution in [0.25, 0.3) is 10.8 Å². The predicted molar refractivity (Wildman–Crippen MR) is 139 cm³/mol. The number of sulfonamides is 1. The summed E-state index contributed by atoms with van der Waals surface area (Å²) in [6.45, 7) is 1.44. The van der Waals surface area contributed by atoms with E-state index in [4.69, 9.17) is 0 Å². The van der Waals surface area contributed by atoms with Crippen LogP contribution in [0.3, 0.4) is 0 Å². The molecule has 10 heteroatoms. The molecule has 3 aromatic carbocycles. The van der Waals surface area contributed by atoms with Gasteiger partial charge in [-0.1, -0.05) is 60.7 Å². The fourth-order valence-corrected chi connectivity index (χ4v) is 5.28. The number of carbonyl (C=O) groups is 2. The summed E-state index contributed by atoms with van der Waals surface area (Å²) in [7, 11) is -2.55. The largest absolute Gasteiger partial charge is 0.368 e. The molecule has 0 bridgehead atoms. The van der Waals surface area contributed by atoms with Crippen molar-refractivity contribution >= 4 is 38.4 Å². The number of rotatable bonds is 10. The van der Waals surface area contributed by atoms with Crippen LogP contribution in [0.5, 0.6) is 0 Å². The van der Waals surface area contributed by atoms with E-state index in [0.717, 1.165) is 39.7 Å². The monoisotopic (exact) mass is 507 g/mol.